The molecule has 0 aromatic carbocycles. The van der Waals surface area contributed by atoms with Gasteiger partial charge in [0, 0.05) is 25.1 Å². The Kier molecular flexibility index (Phi) is 3.89. The van der Waals surface area contributed by atoms with Crippen molar-refractivity contribution in [2.75, 3.05) is 18.8 Å². The van der Waals surface area contributed by atoms with Crippen LogP contribution in [0.1, 0.15) is 38.3 Å². The summed E-state index contributed by atoms with van der Waals surface area (Å²) in [6.45, 7) is 5.51. The molecule has 1 amide bonds. The number of carbonyl (C=O) groups excluding carboxylic acids is 1. The highest BCUT2D eigenvalue weighted by atomic mass is 16.3. The molecule has 3 N–H and O–H groups in total. The summed E-state index contributed by atoms with van der Waals surface area (Å²) in [5.41, 5.74) is 6.08. The maximum atomic E-state index is 12.5. The predicted octanol–water partition coefficient (Wildman–Crippen LogP) is 1.17. The molecule has 2 heterocycles. The van der Waals surface area contributed by atoms with Crippen LogP contribution in [-0.4, -0.2) is 44.4 Å². The van der Waals surface area contributed by atoms with E-state index in [1.165, 1.54) is 0 Å². The van der Waals surface area contributed by atoms with Crippen LogP contribution in [-0.2, 0) is 11.3 Å². The zero-order valence-corrected chi connectivity index (χ0v) is 13.5. The van der Waals surface area contributed by atoms with Crippen molar-refractivity contribution >= 4 is 11.7 Å². The fourth-order valence-electron chi connectivity index (χ4n) is 4.19. The van der Waals surface area contributed by atoms with Crippen LogP contribution in [0.15, 0.2) is 6.07 Å². The first kappa shape index (κ1) is 15.3. The Hall–Kier alpha value is -1.56. The molecule has 0 spiro atoms. The molecule has 122 valence electrons. The minimum absolute atomic E-state index is 0.0441. The Labute approximate surface area is 131 Å². The Morgan fingerprint density at radius 3 is 2.95 bits per heavy atom. The first-order chi connectivity index (χ1) is 10.4. The standard InChI is InChI=1S/C16H26N4O2/c1-3-16(22)6-4-5-12-8-19(9-13(12)16)15(21)10-20-14(17)7-11(2)18-20/h7,12-13,22H,3-6,8-10,17H2,1-2H3/t12-,13+,16-/m0/s1. The Bertz CT molecular complexity index is 570. The van der Waals surface area contributed by atoms with Crippen LogP contribution in [0, 0.1) is 18.8 Å². The summed E-state index contributed by atoms with van der Waals surface area (Å²) in [6.07, 6.45) is 3.79. The third-order valence-electron chi connectivity index (χ3n) is 5.50. The van der Waals surface area contributed by atoms with Crippen LogP contribution in [0.4, 0.5) is 5.82 Å². The largest absolute Gasteiger partial charge is 0.390 e. The molecule has 3 atom stereocenters. The molecule has 2 aliphatic rings. The molecule has 1 saturated heterocycles. The lowest BCUT2D eigenvalue weighted by molar-refractivity contribution is -0.131. The van der Waals surface area contributed by atoms with Gasteiger partial charge in [0.25, 0.3) is 0 Å². The second-order valence-corrected chi connectivity index (χ2v) is 6.88. The van der Waals surface area contributed by atoms with E-state index in [-0.39, 0.29) is 18.4 Å². The van der Waals surface area contributed by atoms with E-state index in [0.29, 0.717) is 18.3 Å². The molecule has 0 bridgehead atoms. The number of rotatable bonds is 3. The van der Waals surface area contributed by atoms with Crippen molar-refractivity contribution in [1.29, 1.82) is 0 Å². The number of hydrogen-bond acceptors (Lipinski definition) is 4. The lowest BCUT2D eigenvalue weighted by atomic mass is 9.69. The maximum absolute atomic E-state index is 12.5. The molecule has 0 radical (unpaired) electrons. The van der Waals surface area contributed by atoms with E-state index in [1.54, 1.807) is 10.7 Å². The number of anilines is 1. The van der Waals surface area contributed by atoms with Gasteiger partial charge in [-0.05, 0) is 32.1 Å². The highest BCUT2D eigenvalue weighted by molar-refractivity contribution is 5.76. The van der Waals surface area contributed by atoms with Gasteiger partial charge in [-0.1, -0.05) is 13.3 Å². The predicted molar refractivity (Wildman–Crippen MR) is 84.0 cm³/mol. The number of likely N-dealkylation sites (tertiary alicyclic amines) is 1. The summed E-state index contributed by atoms with van der Waals surface area (Å²) >= 11 is 0. The lowest BCUT2D eigenvalue weighted by Crippen LogP contribution is -2.44. The Morgan fingerprint density at radius 1 is 1.55 bits per heavy atom. The fourth-order valence-corrected chi connectivity index (χ4v) is 4.19. The smallest absolute Gasteiger partial charge is 0.244 e. The number of amides is 1. The van der Waals surface area contributed by atoms with E-state index in [4.69, 9.17) is 5.73 Å². The van der Waals surface area contributed by atoms with Gasteiger partial charge in [-0.15, -0.1) is 0 Å². The van der Waals surface area contributed by atoms with Gasteiger partial charge >= 0.3 is 0 Å². The van der Waals surface area contributed by atoms with Crippen molar-refractivity contribution < 1.29 is 9.90 Å². The molecule has 22 heavy (non-hydrogen) atoms. The minimum Gasteiger partial charge on any atom is -0.390 e. The van der Waals surface area contributed by atoms with Crippen molar-refractivity contribution in [1.82, 2.24) is 14.7 Å². The number of fused-ring (bicyclic) bond motifs is 1. The highest BCUT2D eigenvalue weighted by Gasteiger charge is 2.48. The van der Waals surface area contributed by atoms with Crippen molar-refractivity contribution in [2.24, 2.45) is 11.8 Å². The van der Waals surface area contributed by atoms with Gasteiger partial charge in [0.2, 0.25) is 5.91 Å². The molecule has 1 aromatic rings. The van der Waals surface area contributed by atoms with Crippen LogP contribution >= 0.6 is 0 Å². The third-order valence-corrected chi connectivity index (χ3v) is 5.50. The van der Waals surface area contributed by atoms with Gasteiger partial charge in [-0.2, -0.15) is 5.10 Å². The number of nitrogens with two attached hydrogens (primary N) is 1. The third kappa shape index (κ3) is 2.60. The van der Waals surface area contributed by atoms with Crippen molar-refractivity contribution in [2.45, 2.75) is 51.7 Å². The summed E-state index contributed by atoms with van der Waals surface area (Å²) in [7, 11) is 0. The van der Waals surface area contributed by atoms with Gasteiger partial charge < -0.3 is 15.7 Å². The van der Waals surface area contributed by atoms with E-state index in [2.05, 4.69) is 5.10 Å². The molecular weight excluding hydrogens is 280 g/mol. The Balaban J connectivity index is 1.69. The molecule has 6 nitrogen and oxygen atoms in total. The highest BCUT2D eigenvalue weighted by Crippen LogP contribution is 2.44. The van der Waals surface area contributed by atoms with Gasteiger partial charge in [0.05, 0.1) is 11.3 Å². The van der Waals surface area contributed by atoms with Crippen LogP contribution in [0.5, 0.6) is 0 Å². The van der Waals surface area contributed by atoms with Gasteiger partial charge in [0.15, 0.2) is 0 Å². The summed E-state index contributed by atoms with van der Waals surface area (Å²) in [5, 5.41) is 15.1. The number of aromatic nitrogens is 2. The number of nitrogens with zero attached hydrogens (tertiary/aromatic N) is 3. The number of hydrogen-bond donors (Lipinski definition) is 2. The van der Waals surface area contributed by atoms with Gasteiger partial charge in [-0.3, -0.25) is 4.79 Å². The molecule has 1 saturated carbocycles. The first-order valence-electron chi connectivity index (χ1n) is 8.23. The average Bonchev–Trinajstić information content (AvgIpc) is 3.04. The summed E-state index contributed by atoms with van der Waals surface area (Å²) in [5.74, 6) is 1.21. The normalized spacial score (nSPS) is 31.3. The second-order valence-electron chi connectivity index (χ2n) is 6.88. The zero-order valence-electron chi connectivity index (χ0n) is 13.5. The van der Waals surface area contributed by atoms with Gasteiger partial charge in [-0.25, -0.2) is 4.68 Å². The SMILES string of the molecule is CC[C@]1(O)CCC[C@H]2CN(C(=O)Cn3nc(C)cc3N)C[C@H]21. The molecule has 1 aliphatic carbocycles. The topological polar surface area (TPSA) is 84.4 Å². The van der Waals surface area contributed by atoms with Crippen molar-refractivity contribution in [3.8, 4) is 0 Å². The van der Waals surface area contributed by atoms with Gasteiger partial charge in [0.1, 0.15) is 12.4 Å². The van der Waals surface area contributed by atoms with Crippen molar-refractivity contribution in [3.63, 3.8) is 0 Å². The monoisotopic (exact) mass is 306 g/mol. The quantitative estimate of drug-likeness (QED) is 0.878. The van der Waals surface area contributed by atoms with E-state index >= 15 is 0 Å². The molecule has 0 unspecified atom stereocenters. The fraction of sp³-hybridized carbons (Fsp3) is 0.750. The number of carbonyl (C=O) groups is 1. The number of nitrogen functional groups attached to an aromatic ring is 1. The van der Waals surface area contributed by atoms with Crippen LogP contribution < -0.4 is 5.73 Å². The van der Waals surface area contributed by atoms with Crippen LogP contribution in [0.25, 0.3) is 0 Å². The molecule has 3 rings (SSSR count). The van der Waals surface area contributed by atoms with Crippen molar-refractivity contribution in [3.05, 3.63) is 11.8 Å². The number of aryl methyl sites for hydroxylation is 1. The summed E-state index contributed by atoms with van der Waals surface area (Å²) < 4.78 is 1.56. The zero-order chi connectivity index (χ0) is 15.9. The van der Waals surface area contributed by atoms with E-state index in [9.17, 15) is 9.90 Å². The second kappa shape index (κ2) is 5.57. The molecule has 1 aromatic heterocycles. The maximum Gasteiger partial charge on any atom is 0.244 e. The molecule has 6 heteroatoms. The van der Waals surface area contributed by atoms with E-state index in [0.717, 1.165) is 37.9 Å². The molecule has 1 aliphatic heterocycles. The lowest BCUT2D eigenvalue weighted by Gasteiger charge is -2.40. The van der Waals surface area contributed by atoms with E-state index < -0.39 is 5.60 Å². The van der Waals surface area contributed by atoms with Crippen LogP contribution in [0.3, 0.4) is 0 Å². The Morgan fingerprint density at radius 2 is 2.32 bits per heavy atom. The average molecular weight is 306 g/mol. The first-order valence-corrected chi connectivity index (χ1v) is 8.23. The van der Waals surface area contributed by atoms with Crippen LogP contribution in [0.2, 0.25) is 0 Å². The molecule has 2 fully saturated rings. The van der Waals surface area contributed by atoms with E-state index in [1.807, 2.05) is 18.7 Å². The minimum atomic E-state index is -0.598. The number of aliphatic hydroxyl groups is 1. The summed E-state index contributed by atoms with van der Waals surface area (Å²) in [4.78, 5) is 14.4. The molecular formula is C16H26N4O2. The summed E-state index contributed by atoms with van der Waals surface area (Å²) in [6, 6.07) is 1.77.